The maximum Gasteiger partial charge on any atom is 0.193 e. The molecule has 7 nitrogen and oxygen atoms in total. The van der Waals surface area contributed by atoms with Crippen LogP contribution in [0.25, 0.3) is 10.9 Å². The predicted molar refractivity (Wildman–Crippen MR) is 139 cm³/mol. The second-order valence-electron chi connectivity index (χ2n) is 8.17. The molecule has 0 unspecified atom stereocenters. The average molecular weight is 532 g/mol. The van der Waals surface area contributed by atoms with Gasteiger partial charge in [-0.05, 0) is 48.9 Å². The number of benzene rings is 2. The van der Waals surface area contributed by atoms with E-state index >= 15 is 0 Å². The number of ether oxygens (including phenoxy) is 1. The molecule has 0 spiro atoms. The van der Waals surface area contributed by atoms with Crippen LogP contribution >= 0.6 is 22.9 Å². The van der Waals surface area contributed by atoms with E-state index in [9.17, 15) is 13.2 Å². The lowest BCUT2D eigenvalue weighted by Gasteiger charge is -2.07. The Balaban J connectivity index is 1.65. The zero-order chi connectivity index (χ0) is 25.0. The van der Waals surface area contributed by atoms with E-state index < -0.39 is 9.84 Å². The summed E-state index contributed by atoms with van der Waals surface area (Å²) in [5.74, 6) is 0.474. The Morgan fingerprint density at radius 3 is 2.63 bits per heavy atom. The zero-order valence-corrected chi connectivity index (χ0v) is 21.8. The lowest BCUT2D eigenvalue weighted by atomic mass is 10.0. The zero-order valence-electron chi connectivity index (χ0n) is 19.5. The van der Waals surface area contributed by atoms with Crippen LogP contribution in [0.5, 0.6) is 5.75 Å². The third-order valence-electron chi connectivity index (χ3n) is 5.60. The molecule has 0 fully saturated rings. The minimum Gasteiger partial charge on any atom is -0.496 e. The number of thiophene rings is 1. The Morgan fingerprint density at radius 2 is 1.91 bits per heavy atom. The number of carbonyl (C=O) groups is 1. The number of nitrogens with one attached hydrogen (secondary N) is 1. The Hall–Kier alpha value is -2.72. The second-order valence-corrected chi connectivity index (χ2v) is 12.1. The summed E-state index contributed by atoms with van der Waals surface area (Å²) in [6, 6.07) is 16.7. The minimum absolute atomic E-state index is 0.168. The van der Waals surface area contributed by atoms with Crippen LogP contribution in [0, 0.1) is 0 Å². The number of likely N-dealkylation sites (N-methyl/N-ethyl adjacent to an activating group) is 1. The van der Waals surface area contributed by atoms with Gasteiger partial charge in [-0.2, -0.15) is 5.10 Å². The highest BCUT2D eigenvalue weighted by Crippen LogP contribution is 2.33. The first kappa shape index (κ1) is 25.4. The molecule has 4 rings (SSSR count). The summed E-state index contributed by atoms with van der Waals surface area (Å²) in [5, 5.41) is 8.27. The van der Waals surface area contributed by atoms with Crippen molar-refractivity contribution in [2.75, 3.05) is 20.7 Å². The molecule has 10 heteroatoms. The highest BCUT2D eigenvalue weighted by molar-refractivity contribution is 7.92. The number of hydrogen-bond acceptors (Lipinski definition) is 7. The molecule has 2 aromatic carbocycles. The number of ketones is 1. The lowest BCUT2D eigenvalue weighted by molar-refractivity contribution is -0.118. The van der Waals surface area contributed by atoms with Crippen molar-refractivity contribution in [2.45, 2.75) is 29.3 Å². The van der Waals surface area contributed by atoms with Crippen LogP contribution in [-0.2, 0) is 33.4 Å². The number of methoxy groups -OCH3 is 1. The van der Waals surface area contributed by atoms with Crippen LogP contribution in [0.4, 0.5) is 0 Å². The fourth-order valence-corrected chi connectivity index (χ4v) is 6.86. The van der Waals surface area contributed by atoms with Gasteiger partial charge in [-0.15, -0.1) is 11.3 Å². The van der Waals surface area contributed by atoms with Gasteiger partial charge >= 0.3 is 0 Å². The molecular weight excluding hydrogens is 506 g/mol. The van der Waals surface area contributed by atoms with Crippen molar-refractivity contribution in [1.82, 2.24) is 15.1 Å². The molecule has 0 aliphatic rings. The Bertz CT molecular complexity index is 1460. The predicted octanol–water partition coefficient (Wildman–Crippen LogP) is 4.50. The molecule has 0 bridgehead atoms. The molecule has 0 radical (unpaired) electrons. The average Bonchev–Trinajstić information content (AvgIpc) is 3.42. The van der Waals surface area contributed by atoms with Gasteiger partial charge in [0.2, 0.25) is 0 Å². The number of rotatable bonds is 11. The molecule has 184 valence electrons. The molecule has 4 aromatic rings. The monoisotopic (exact) mass is 531 g/mol. The Kier molecular flexibility index (Phi) is 7.91. The van der Waals surface area contributed by atoms with Gasteiger partial charge in [0, 0.05) is 6.42 Å². The molecule has 0 aliphatic heterocycles. The number of fused-ring (bicyclic) bond motifs is 1. The third kappa shape index (κ3) is 5.92. The molecule has 0 amide bonds. The normalized spacial score (nSPS) is 11.7. The Morgan fingerprint density at radius 1 is 1.14 bits per heavy atom. The van der Waals surface area contributed by atoms with E-state index in [2.05, 4.69) is 11.4 Å². The highest BCUT2D eigenvalue weighted by atomic mass is 35.5. The standard InChI is InChI=1S/C25H26ClN3O4S2/c1-27-14-19(30)10-9-17-5-3-6-18(13-17)15-29-21-7-4-8-22(33-2)25(21)20(28-29)16-35(31,32)24-12-11-23(26)34-24/h3-8,11-13,27H,9-10,14-16H2,1-2H3. The number of carbonyl (C=O) groups excluding carboxylic acids is 1. The number of aromatic nitrogens is 2. The van der Waals surface area contributed by atoms with E-state index in [4.69, 9.17) is 21.4 Å². The van der Waals surface area contributed by atoms with E-state index in [1.165, 1.54) is 6.07 Å². The first-order valence-corrected chi connectivity index (χ1v) is 13.9. The van der Waals surface area contributed by atoms with Gasteiger partial charge in [-0.25, -0.2) is 8.42 Å². The lowest BCUT2D eigenvalue weighted by Crippen LogP contribution is -2.18. The highest BCUT2D eigenvalue weighted by Gasteiger charge is 2.24. The molecular formula is C25H26ClN3O4S2. The largest absolute Gasteiger partial charge is 0.496 e. The SMILES string of the molecule is CNCC(=O)CCc1cccc(Cn2nc(CS(=O)(=O)c3ccc(Cl)s3)c3c(OC)cccc32)c1. The van der Waals surface area contributed by atoms with Crippen LogP contribution in [0.3, 0.4) is 0 Å². The fourth-order valence-electron chi connectivity index (χ4n) is 4.01. The van der Waals surface area contributed by atoms with Gasteiger partial charge in [0.1, 0.15) is 21.5 Å². The Labute approximate surface area is 213 Å². The summed E-state index contributed by atoms with van der Waals surface area (Å²) in [5.41, 5.74) is 3.29. The summed E-state index contributed by atoms with van der Waals surface area (Å²) >= 11 is 7.00. The van der Waals surface area contributed by atoms with Gasteiger partial charge in [-0.3, -0.25) is 9.48 Å². The van der Waals surface area contributed by atoms with Gasteiger partial charge in [0.15, 0.2) is 9.84 Å². The summed E-state index contributed by atoms with van der Waals surface area (Å²) in [6.07, 6.45) is 1.13. The molecule has 0 aliphatic carbocycles. The maximum atomic E-state index is 13.1. The van der Waals surface area contributed by atoms with Crippen molar-refractivity contribution in [2.24, 2.45) is 0 Å². The second kappa shape index (κ2) is 10.9. The summed E-state index contributed by atoms with van der Waals surface area (Å²) in [7, 11) is -0.311. The summed E-state index contributed by atoms with van der Waals surface area (Å²) in [6.45, 7) is 0.816. The number of halogens is 1. The van der Waals surface area contributed by atoms with E-state index in [1.807, 2.05) is 30.3 Å². The van der Waals surface area contributed by atoms with Gasteiger partial charge in [0.25, 0.3) is 0 Å². The number of sulfone groups is 1. The van der Waals surface area contributed by atoms with Crippen LogP contribution in [0.15, 0.2) is 58.8 Å². The molecule has 0 saturated heterocycles. The minimum atomic E-state index is -3.63. The van der Waals surface area contributed by atoms with E-state index in [0.29, 0.717) is 47.1 Å². The van der Waals surface area contributed by atoms with Crippen LogP contribution in [0.2, 0.25) is 4.34 Å². The van der Waals surface area contributed by atoms with Crippen LogP contribution < -0.4 is 10.1 Å². The van der Waals surface area contributed by atoms with Crippen molar-refractivity contribution in [1.29, 1.82) is 0 Å². The van der Waals surface area contributed by atoms with Crippen LogP contribution in [-0.4, -0.2) is 44.7 Å². The maximum absolute atomic E-state index is 13.1. The van der Waals surface area contributed by atoms with Gasteiger partial charge in [-0.1, -0.05) is 41.9 Å². The molecule has 2 aromatic heterocycles. The van der Waals surface area contributed by atoms with Crippen molar-refractivity contribution in [3.05, 3.63) is 75.8 Å². The van der Waals surface area contributed by atoms with Crippen molar-refractivity contribution < 1.29 is 17.9 Å². The molecule has 1 N–H and O–H groups in total. The molecule has 35 heavy (non-hydrogen) atoms. The third-order valence-corrected chi connectivity index (χ3v) is 9.04. The summed E-state index contributed by atoms with van der Waals surface area (Å²) in [4.78, 5) is 11.9. The number of Topliss-reactive ketones (excluding diaryl/α,β-unsaturated/α-hetero) is 1. The van der Waals surface area contributed by atoms with Crippen molar-refractivity contribution >= 4 is 49.5 Å². The van der Waals surface area contributed by atoms with Crippen molar-refractivity contribution in [3.8, 4) is 5.75 Å². The first-order chi connectivity index (χ1) is 16.8. The molecule has 0 saturated carbocycles. The van der Waals surface area contributed by atoms with E-state index in [0.717, 1.165) is 28.0 Å². The number of nitrogens with zero attached hydrogens (tertiary/aromatic N) is 2. The van der Waals surface area contributed by atoms with Gasteiger partial charge < -0.3 is 10.1 Å². The number of hydrogen-bond donors (Lipinski definition) is 1. The van der Waals surface area contributed by atoms with E-state index in [-0.39, 0.29) is 15.7 Å². The van der Waals surface area contributed by atoms with Crippen LogP contribution in [0.1, 0.15) is 23.2 Å². The van der Waals surface area contributed by atoms with E-state index in [1.54, 1.807) is 31.0 Å². The number of aryl methyl sites for hydroxylation is 1. The topological polar surface area (TPSA) is 90.3 Å². The van der Waals surface area contributed by atoms with Gasteiger partial charge in [0.05, 0.1) is 41.1 Å². The van der Waals surface area contributed by atoms with Crippen molar-refractivity contribution in [3.63, 3.8) is 0 Å². The smallest absolute Gasteiger partial charge is 0.193 e. The quantitative estimate of drug-likeness (QED) is 0.306. The molecule has 0 atom stereocenters. The summed E-state index contributed by atoms with van der Waals surface area (Å²) < 4.78 is 34.1. The molecule has 2 heterocycles. The first-order valence-electron chi connectivity index (χ1n) is 11.1. The fraction of sp³-hybridized carbons (Fsp3) is 0.280.